The number of phenolic OH excluding ortho intramolecular Hbond substituents is 1. The highest BCUT2D eigenvalue weighted by molar-refractivity contribution is 7.09. The second-order valence-electron chi connectivity index (χ2n) is 5.77. The Labute approximate surface area is 159 Å². The predicted molar refractivity (Wildman–Crippen MR) is 107 cm³/mol. The lowest BCUT2D eigenvalue weighted by Gasteiger charge is -2.22. The molecule has 1 heterocycles. The third kappa shape index (κ3) is 5.29. The van der Waals surface area contributed by atoms with Crippen LogP contribution in [0.1, 0.15) is 17.4 Å². The molecule has 0 radical (unpaired) electrons. The minimum absolute atomic E-state index is 0.00250. The van der Waals surface area contributed by atoms with Crippen LogP contribution < -0.4 is 14.8 Å². The van der Waals surface area contributed by atoms with Crippen molar-refractivity contribution in [2.24, 2.45) is 4.99 Å². The van der Waals surface area contributed by atoms with Crippen molar-refractivity contribution in [3.63, 3.8) is 0 Å². The number of nitrogens with zero attached hydrogens (tertiary/aromatic N) is 2. The molecule has 0 bridgehead atoms. The smallest absolute Gasteiger partial charge is 0.200 e. The number of ether oxygens (including phenoxy) is 2. The molecular weight excluding hydrogens is 350 g/mol. The Morgan fingerprint density at radius 2 is 1.96 bits per heavy atom. The van der Waals surface area contributed by atoms with Crippen molar-refractivity contribution in [3.8, 4) is 17.2 Å². The molecule has 0 spiro atoms. The normalized spacial score (nSPS) is 11.3. The van der Waals surface area contributed by atoms with Crippen molar-refractivity contribution < 1.29 is 14.6 Å². The summed E-state index contributed by atoms with van der Waals surface area (Å²) >= 11 is 1.77. The molecule has 0 saturated heterocycles. The van der Waals surface area contributed by atoms with Crippen LogP contribution in [0.25, 0.3) is 0 Å². The maximum atomic E-state index is 10.0. The number of hydrogen-bond donors (Lipinski definition) is 2. The fraction of sp³-hybridized carbons (Fsp3) is 0.421. The van der Waals surface area contributed by atoms with E-state index >= 15 is 0 Å². The molecule has 0 saturated carbocycles. The Bertz CT molecular complexity index is 692. The molecule has 2 aromatic rings. The van der Waals surface area contributed by atoms with Gasteiger partial charge < -0.3 is 24.8 Å². The number of benzene rings is 1. The first kappa shape index (κ1) is 19.9. The van der Waals surface area contributed by atoms with Gasteiger partial charge in [0.05, 0.1) is 20.8 Å². The highest BCUT2D eigenvalue weighted by atomic mass is 32.1. The average molecular weight is 378 g/mol. The van der Waals surface area contributed by atoms with Crippen LogP contribution in [0.5, 0.6) is 17.2 Å². The monoisotopic (exact) mass is 377 g/mol. The van der Waals surface area contributed by atoms with E-state index in [-0.39, 0.29) is 5.75 Å². The summed E-state index contributed by atoms with van der Waals surface area (Å²) in [6.07, 6.45) is 0.986. The summed E-state index contributed by atoms with van der Waals surface area (Å²) in [5.41, 5.74) is 0.901. The van der Waals surface area contributed by atoms with Crippen LogP contribution >= 0.6 is 11.3 Å². The van der Waals surface area contributed by atoms with Crippen molar-refractivity contribution in [1.29, 1.82) is 0 Å². The van der Waals surface area contributed by atoms with Crippen LogP contribution in [0.4, 0.5) is 0 Å². The van der Waals surface area contributed by atoms with Crippen molar-refractivity contribution in [2.45, 2.75) is 19.9 Å². The van der Waals surface area contributed by atoms with Crippen LogP contribution in [-0.2, 0) is 13.0 Å². The lowest BCUT2D eigenvalue weighted by molar-refractivity contribution is 0.339. The molecule has 0 aliphatic rings. The minimum atomic E-state index is 0.00250. The first-order valence-corrected chi connectivity index (χ1v) is 9.42. The zero-order valence-electron chi connectivity index (χ0n) is 15.8. The van der Waals surface area contributed by atoms with Crippen LogP contribution in [0.2, 0.25) is 0 Å². The molecule has 7 heteroatoms. The van der Waals surface area contributed by atoms with Gasteiger partial charge in [0, 0.05) is 25.0 Å². The quantitative estimate of drug-likeness (QED) is 0.547. The Morgan fingerprint density at radius 3 is 2.50 bits per heavy atom. The third-order valence-electron chi connectivity index (χ3n) is 3.92. The number of hydrogen-bond acceptors (Lipinski definition) is 5. The first-order chi connectivity index (χ1) is 12.6. The maximum Gasteiger partial charge on any atom is 0.200 e. The summed E-state index contributed by atoms with van der Waals surface area (Å²) in [6, 6.07) is 7.77. The van der Waals surface area contributed by atoms with E-state index in [4.69, 9.17) is 14.5 Å². The van der Waals surface area contributed by atoms with E-state index in [1.165, 1.54) is 19.1 Å². The molecule has 0 aliphatic heterocycles. The predicted octanol–water partition coefficient (Wildman–Crippen LogP) is 3.11. The Hall–Kier alpha value is -2.41. The molecule has 142 valence electrons. The van der Waals surface area contributed by atoms with Crippen LogP contribution in [0.15, 0.2) is 34.6 Å². The number of nitrogens with one attached hydrogen (secondary N) is 1. The van der Waals surface area contributed by atoms with Crippen molar-refractivity contribution in [2.75, 3.05) is 34.4 Å². The molecule has 2 N–H and O–H groups in total. The molecule has 0 fully saturated rings. The van der Waals surface area contributed by atoms with Gasteiger partial charge in [0.2, 0.25) is 5.75 Å². The first-order valence-electron chi connectivity index (χ1n) is 8.54. The highest BCUT2D eigenvalue weighted by Gasteiger charge is 2.12. The van der Waals surface area contributed by atoms with E-state index in [9.17, 15) is 5.11 Å². The molecule has 1 aromatic heterocycles. The van der Waals surface area contributed by atoms with Crippen LogP contribution in [0, 0.1) is 0 Å². The van der Waals surface area contributed by atoms with Crippen molar-refractivity contribution in [3.05, 3.63) is 40.1 Å². The Balaban J connectivity index is 2.10. The average Bonchev–Trinajstić information content (AvgIpc) is 3.17. The molecule has 0 unspecified atom stereocenters. The van der Waals surface area contributed by atoms with Gasteiger partial charge in [0.25, 0.3) is 0 Å². The Morgan fingerprint density at radius 1 is 1.27 bits per heavy atom. The number of likely N-dealkylation sites (N-methyl/N-ethyl adjacent to an activating group) is 1. The molecular formula is C19H27N3O3S. The summed E-state index contributed by atoms with van der Waals surface area (Å²) in [7, 11) is 5.07. The molecule has 6 nitrogen and oxygen atoms in total. The molecule has 2 rings (SSSR count). The van der Waals surface area contributed by atoms with Crippen LogP contribution in [0.3, 0.4) is 0 Å². The Kier molecular flexibility index (Phi) is 7.59. The van der Waals surface area contributed by atoms with E-state index in [1.807, 2.05) is 7.05 Å². The van der Waals surface area contributed by atoms with Crippen LogP contribution in [-0.4, -0.2) is 50.3 Å². The number of aliphatic imine (C=N–C) groups is 1. The van der Waals surface area contributed by atoms with Gasteiger partial charge >= 0.3 is 0 Å². The second kappa shape index (κ2) is 9.91. The maximum absolute atomic E-state index is 10.0. The van der Waals surface area contributed by atoms with Crippen molar-refractivity contribution in [1.82, 2.24) is 10.2 Å². The lowest BCUT2D eigenvalue weighted by atomic mass is 10.2. The van der Waals surface area contributed by atoms with E-state index in [0.29, 0.717) is 18.0 Å². The zero-order valence-corrected chi connectivity index (χ0v) is 16.6. The number of rotatable bonds is 8. The van der Waals surface area contributed by atoms with Gasteiger partial charge in [-0.3, -0.25) is 0 Å². The number of aromatic hydroxyl groups is 1. The highest BCUT2D eigenvalue weighted by Crippen LogP contribution is 2.37. The molecule has 26 heavy (non-hydrogen) atoms. The fourth-order valence-electron chi connectivity index (χ4n) is 2.51. The van der Waals surface area contributed by atoms with E-state index in [0.717, 1.165) is 31.0 Å². The largest absolute Gasteiger partial charge is 0.502 e. The molecule has 0 atom stereocenters. The molecule has 0 amide bonds. The molecule has 1 aromatic carbocycles. The van der Waals surface area contributed by atoms with E-state index in [2.05, 4.69) is 34.7 Å². The standard InChI is InChI=1S/C19H27N3O3S/c1-5-20-19(22(2)9-8-15-7-6-10-26-15)21-13-14-11-16(24-3)18(23)17(12-14)25-4/h6-7,10-12,23H,5,8-9,13H2,1-4H3,(H,20,21). The summed E-state index contributed by atoms with van der Waals surface area (Å²) < 4.78 is 10.4. The number of guanidine groups is 1. The van der Waals surface area contributed by atoms with Gasteiger partial charge in [-0.05, 0) is 42.5 Å². The van der Waals surface area contributed by atoms with E-state index < -0.39 is 0 Å². The third-order valence-corrected chi connectivity index (χ3v) is 4.86. The summed E-state index contributed by atoms with van der Waals surface area (Å²) in [5, 5.41) is 15.4. The number of phenols is 1. The van der Waals surface area contributed by atoms with Gasteiger partial charge in [-0.2, -0.15) is 0 Å². The van der Waals surface area contributed by atoms with Gasteiger partial charge in [-0.1, -0.05) is 6.07 Å². The summed E-state index contributed by atoms with van der Waals surface area (Å²) in [5.74, 6) is 1.61. The molecule has 0 aliphatic carbocycles. The zero-order chi connectivity index (χ0) is 18.9. The lowest BCUT2D eigenvalue weighted by Crippen LogP contribution is -2.39. The minimum Gasteiger partial charge on any atom is -0.502 e. The van der Waals surface area contributed by atoms with Crippen molar-refractivity contribution >= 4 is 17.3 Å². The van der Waals surface area contributed by atoms with Gasteiger partial charge in [0.15, 0.2) is 17.5 Å². The number of thiophene rings is 1. The number of methoxy groups -OCH3 is 2. The van der Waals surface area contributed by atoms with Gasteiger partial charge in [-0.25, -0.2) is 4.99 Å². The SMILES string of the molecule is CCNC(=NCc1cc(OC)c(O)c(OC)c1)N(C)CCc1cccs1. The van der Waals surface area contributed by atoms with E-state index in [1.54, 1.807) is 23.5 Å². The second-order valence-corrected chi connectivity index (χ2v) is 6.80. The topological polar surface area (TPSA) is 66.3 Å². The fourth-order valence-corrected chi connectivity index (χ4v) is 3.21. The summed E-state index contributed by atoms with van der Waals surface area (Å²) in [4.78, 5) is 8.19. The van der Waals surface area contributed by atoms with Gasteiger partial charge in [-0.15, -0.1) is 11.3 Å². The van der Waals surface area contributed by atoms with Gasteiger partial charge in [0.1, 0.15) is 0 Å². The summed E-state index contributed by atoms with van der Waals surface area (Å²) in [6.45, 7) is 4.19.